The van der Waals surface area contributed by atoms with Crippen molar-refractivity contribution in [3.63, 3.8) is 0 Å². The highest BCUT2D eigenvalue weighted by atomic mass is 16.6. The molecule has 34 heavy (non-hydrogen) atoms. The predicted molar refractivity (Wildman–Crippen MR) is 134 cm³/mol. The van der Waals surface area contributed by atoms with Crippen molar-refractivity contribution in [3.05, 3.63) is 112 Å². The lowest BCUT2D eigenvalue weighted by molar-refractivity contribution is -0.384. The van der Waals surface area contributed by atoms with Gasteiger partial charge in [0.2, 0.25) is 0 Å². The maximum atomic E-state index is 13.4. The number of hydrogen-bond donors (Lipinski definition) is 0. The minimum Gasteiger partial charge on any atom is -0.307 e. The van der Waals surface area contributed by atoms with Gasteiger partial charge in [0.05, 0.1) is 4.92 Å². The van der Waals surface area contributed by atoms with Gasteiger partial charge >= 0.3 is 0 Å². The quantitative estimate of drug-likeness (QED) is 0.388. The van der Waals surface area contributed by atoms with Crippen molar-refractivity contribution in [1.82, 2.24) is 4.90 Å². The second-order valence-corrected chi connectivity index (χ2v) is 9.11. The number of rotatable bonds is 5. The number of non-ortho nitro benzene ring substituents is 1. The van der Waals surface area contributed by atoms with Gasteiger partial charge in [-0.15, -0.1) is 0 Å². The number of para-hydroxylation sites is 1. The van der Waals surface area contributed by atoms with Crippen LogP contribution in [-0.2, 0) is 5.41 Å². The van der Waals surface area contributed by atoms with Crippen molar-refractivity contribution in [2.75, 3.05) is 31.1 Å². The summed E-state index contributed by atoms with van der Waals surface area (Å²) in [5.74, 6) is -0.104. The topological polar surface area (TPSA) is 66.7 Å². The van der Waals surface area contributed by atoms with E-state index in [1.165, 1.54) is 23.3 Å². The van der Waals surface area contributed by atoms with E-state index in [-0.39, 0.29) is 17.0 Å². The molecule has 3 aromatic carbocycles. The Hall–Kier alpha value is -3.77. The number of amides is 1. The minimum absolute atomic E-state index is 0.0106. The molecule has 2 heterocycles. The molecule has 6 heteroatoms. The molecule has 5 rings (SSSR count). The summed E-state index contributed by atoms with van der Waals surface area (Å²) >= 11 is 0. The average molecular weight is 454 g/mol. The normalized spacial score (nSPS) is 17.2. The van der Waals surface area contributed by atoms with Crippen LogP contribution in [0.25, 0.3) is 6.08 Å². The van der Waals surface area contributed by atoms with Gasteiger partial charge in [0.25, 0.3) is 11.6 Å². The summed E-state index contributed by atoms with van der Waals surface area (Å²) in [5.41, 5.74) is 3.82. The highest BCUT2D eigenvalue weighted by molar-refractivity contribution is 6.07. The van der Waals surface area contributed by atoms with Crippen molar-refractivity contribution < 1.29 is 9.72 Å². The molecule has 0 aliphatic carbocycles. The summed E-state index contributed by atoms with van der Waals surface area (Å²) in [6.45, 7) is 3.52. The Balaban J connectivity index is 1.29. The van der Waals surface area contributed by atoms with Crippen LogP contribution in [0.1, 0.15) is 34.3 Å². The first kappa shape index (κ1) is 22.0. The summed E-state index contributed by atoms with van der Waals surface area (Å²) in [6.07, 6.45) is 6.38. The number of nitrogens with zero attached hydrogens (tertiary/aromatic N) is 3. The highest BCUT2D eigenvalue weighted by Gasteiger charge is 2.46. The summed E-state index contributed by atoms with van der Waals surface area (Å²) in [4.78, 5) is 28.2. The van der Waals surface area contributed by atoms with E-state index in [0.29, 0.717) is 12.1 Å². The summed E-state index contributed by atoms with van der Waals surface area (Å²) < 4.78 is 0. The third-order valence-electron chi connectivity index (χ3n) is 7.08. The van der Waals surface area contributed by atoms with Crippen LogP contribution < -0.4 is 4.90 Å². The maximum Gasteiger partial charge on any atom is 0.269 e. The van der Waals surface area contributed by atoms with E-state index in [1.807, 2.05) is 35.2 Å². The second-order valence-electron chi connectivity index (χ2n) is 9.11. The Morgan fingerprint density at radius 1 is 0.941 bits per heavy atom. The molecule has 1 spiro atoms. The molecule has 1 fully saturated rings. The van der Waals surface area contributed by atoms with Crippen LogP contribution in [0.2, 0.25) is 0 Å². The first-order valence-electron chi connectivity index (χ1n) is 11.7. The predicted octanol–water partition coefficient (Wildman–Crippen LogP) is 5.30. The van der Waals surface area contributed by atoms with E-state index < -0.39 is 4.92 Å². The Bertz CT molecular complexity index is 1210. The van der Waals surface area contributed by atoms with Gasteiger partial charge in [0.15, 0.2) is 0 Å². The number of hydrogen-bond acceptors (Lipinski definition) is 4. The molecule has 1 saturated heterocycles. The number of carbonyl (C=O) groups is 1. The zero-order valence-corrected chi connectivity index (χ0v) is 19.0. The molecule has 2 aliphatic rings. The van der Waals surface area contributed by atoms with E-state index >= 15 is 0 Å². The molecule has 0 bridgehead atoms. The fraction of sp³-hybridized carbons (Fsp3) is 0.250. The zero-order chi connectivity index (χ0) is 23.5. The van der Waals surface area contributed by atoms with Crippen molar-refractivity contribution in [2.24, 2.45) is 0 Å². The van der Waals surface area contributed by atoms with Gasteiger partial charge in [-0.05, 0) is 55.3 Å². The average Bonchev–Trinajstić information content (AvgIpc) is 3.19. The van der Waals surface area contributed by atoms with Crippen LogP contribution >= 0.6 is 0 Å². The zero-order valence-electron chi connectivity index (χ0n) is 19.0. The Morgan fingerprint density at radius 3 is 2.32 bits per heavy atom. The molecule has 0 radical (unpaired) electrons. The molecule has 6 nitrogen and oxygen atoms in total. The minimum atomic E-state index is -0.447. The molecule has 0 N–H and O–H groups in total. The van der Waals surface area contributed by atoms with Gasteiger partial charge in [-0.25, -0.2) is 0 Å². The summed E-state index contributed by atoms with van der Waals surface area (Å²) in [5, 5.41) is 11.0. The molecule has 0 atom stereocenters. The Kier molecular flexibility index (Phi) is 5.99. The standard InChI is InChI=1S/C28H27N3O3/c32-27(23-12-14-24(15-13-23)31(33)34)30-21-28(25-10-4-5-11-26(25)30)16-19-29(20-17-28)18-6-9-22-7-2-1-3-8-22/h1-15H,16-21H2. The van der Waals surface area contributed by atoms with Gasteiger partial charge in [-0.1, -0.05) is 60.7 Å². The lowest BCUT2D eigenvalue weighted by atomic mass is 9.74. The summed E-state index contributed by atoms with van der Waals surface area (Å²) in [7, 11) is 0. The first-order valence-corrected chi connectivity index (χ1v) is 11.7. The van der Waals surface area contributed by atoms with E-state index in [2.05, 4.69) is 41.3 Å². The smallest absolute Gasteiger partial charge is 0.269 e. The van der Waals surface area contributed by atoms with Crippen LogP contribution in [0.3, 0.4) is 0 Å². The van der Waals surface area contributed by atoms with E-state index in [0.717, 1.165) is 38.2 Å². The highest BCUT2D eigenvalue weighted by Crippen LogP contribution is 2.47. The maximum absolute atomic E-state index is 13.4. The van der Waals surface area contributed by atoms with Crippen LogP contribution in [0.15, 0.2) is 84.9 Å². The SMILES string of the molecule is O=C(c1ccc([N+](=O)[O-])cc1)N1CC2(CCN(CC=Cc3ccccc3)CC2)c2ccccc21. The first-order chi connectivity index (χ1) is 16.6. The van der Waals surface area contributed by atoms with Crippen molar-refractivity contribution in [1.29, 1.82) is 0 Å². The molecule has 0 aromatic heterocycles. The molecule has 3 aromatic rings. The Morgan fingerprint density at radius 2 is 1.62 bits per heavy atom. The number of fused-ring (bicyclic) bond motifs is 2. The molecule has 0 unspecified atom stereocenters. The van der Waals surface area contributed by atoms with Crippen LogP contribution in [0, 0.1) is 10.1 Å². The van der Waals surface area contributed by atoms with E-state index in [4.69, 9.17) is 0 Å². The van der Waals surface area contributed by atoms with Gasteiger partial charge in [0.1, 0.15) is 0 Å². The number of carbonyl (C=O) groups excluding carboxylic acids is 1. The molecule has 172 valence electrons. The fourth-order valence-electron chi connectivity index (χ4n) is 5.19. The number of anilines is 1. The third-order valence-corrected chi connectivity index (χ3v) is 7.08. The molecule has 0 saturated carbocycles. The number of piperidine rings is 1. The van der Waals surface area contributed by atoms with E-state index in [1.54, 1.807) is 12.1 Å². The number of nitro groups is 1. The van der Waals surface area contributed by atoms with Crippen LogP contribution in [0.4, 0.5) is 11.4 Å². The van der Waals surface area contributed by atoms with Crippen molar-refractivity contribution in [3.8, 4) is 0 Å². The molecule has 2 aliphatic heterocycles. The third kappa shape index (κ3) is 4.24. The lowest BCUT2D eigenvalue weighted by Crippen LogP contribution is -2.46. The number of benzene rings is 3. The Labute approximate surface area is 199 Å². The van der Waals surface area contributed by atoms with Gasteiger partial charge in [-0.3, -0.25) is 19.8 Å². The molecular formula is C28H27N3O3. The number of likely N-dealkylation sites (tertiary alicyclic amines) is 1. The van der Waals surface area contributed by atoms with Crippen molar-refractivity contribution >= 4 is 23.4 Å². The molecular weight excluding hydrogens is 426 g/mol. The lowest BCUT2D eigenvalue weighted by Gasteiger charge is -2.39. The van der Waals surface area contributed by atoms with Crippen molar-refractivity contribution in [2.45, 2.75) is 18.3 Å². The van der Waals surface area contributed by atoms with Crippen LogP contribution in [-0.4, -0.2) is 41.9 Å². The monoisotopic (exact) mass is 453 g/mol. The van der Waals surface area contributed by atoms with Gasteiger partial charge < -0.3 is 4.90 Å². The molecule has 1 amide bonds. The number of nitro benzene ring substituents is 1. The fourth-order valence-corrected chi connectivity index (χ4v) is 5.19. The largest absolute Gasteiger partial charge is 0.307 e. The summed E-state index contributed by atoms with van der Waals surface area (Å²) in [6, 6.07) is 24.4. The van der Waals surface area contributed by atoms with Crippen LogP contribution in [0.5, 0.6) is 0 Å². The van der Waals surface area contributed by atoms with Gasteiger partial charge in [0, 0.05) is 41.9 Å². The van der Waals surface area contributed by atoms with E-state index in [9.17, 15) is 14.9 Å². The second kappa shape index (κ2) is 9.23. The van der Waals surface area contributed by atoms with Gasteiger partial charge in [-0.2, -0.15) is 0 Å².